The second kappa shape index (κ2) is 9.07. The van der Waals surface area contributed by atoms with Gasteiger partial charge in [0.05, 0.1) is 12.7 Å². The van der Waals surface area contributed by atoms with Crippen LogP contribution in [0.2, 0.25) is 0 Å². The Kier molecular flexibility index (Phi) is 6.53. The summed E-state index contributed by atoms with van der Waals surface area (Å²) in [6, 6.07) is 15.6. The van der Waals surface area contributed by atoms with Gasteiger partial charge in [-0.05, 0) is 80.6 Å². The number of carboxylic acid groups (broad SMARTS) is 1. The molecule has 0 saturated heterocycles. The van der Waals surface area contributed by atoms with E-state index >= 15 is 0 Å². The fraction of sp³-hybridized carbons (Fsp3) is 0.375. The van der Waals surface area contributed by atoms with Gasteiger partial charge in [0.15, 0.2) is 0 Å². The van der Waals surface area contributed by atoms with Crippen molar-refractivity contribution >= 4 is 12.0 Å². The predicted octanol–water partition coefficient (Wildman–Crippen LogP) is 4.92. The van der Waals surface area contributed by atoms with Crippen molar-refractivity contribution < 1.29 is 14.6 Å². The molecular formula is C24H29NO3. The van der Waals surface area contributed by atoms with Gasteiger partial charge in [-0.1, -0.05) is 35.9 Å². The molecule has 1 N–H and O–H groups in total. The van der Waals surface area contributed by atoms with Crippen LogP contribution in [0.3, 0.4) is 0 Å². The van der Waals surface area contributed by atoms with Crippen molar-refractivity contribution in [1.82, 2.24) is 4.90 Å². The molecule has 1 saturated carbocycles. The number of ether oxygens (including phenoxy) is 1. The molecule has 0 amide bonds. The van der Waals surface area contributed by atoms with Crippen LogP contribution in [-0.2, 0) is 0 Å². The van der Waals surface area contributed by atoms with Gasteiger partial charge in [0.1, 0.15) is 5.75 Å². The van der Waals surface area contributed by atoms with Gasteiger partial charge in [-0.25, -0.2) is 4.79 Å². The zero-order valence-electron chi connectivity index (χ0n) is 16.9. The van der Waals surface area contributed by atoms with Crippen molar-refractivity contribution in [3.8, 4) is 5.75 Å². The standard InChI is InChI=1S/C24H29NO3/c1-25(2)16-21-11-10-18(12-17-6-4-8-20(13-17)24(26)27)14-23(21)19-7-5-9-22(15-19)28-3/h4-9,12-13,15,21,23H,10-11,14,16H2,1-3H3,(H,26,27)/b18-12+/t21-,23-/m1/s1. The quantitative estimate of drug-likeness (QED) is 0.774. The fourth-order valence-corrected chi connectivity index (χ4v) is 4.20. The molecule has 1 fully saturated rings. The summed E-state index contributed by atoms with van der Waals surface area (Å²) in [5.41, 5.74) is 3.99. The molecule has 148 valence electrons. The Hall–Kier alpha value is -2.59. The molecule has 1 aliphatic carbocycles. The van der Waals surface area contributed by atoms with Gasteiger partial charge in [0.25, 0.3) is 0 Å². The first-order chi connectivity index (χ1) is 13.5. The van der Waals surface area contributed by atoms with Gasteiger partial charge in [-0.2, -0.15) is 0 Å². The number of methoxy groups -OCH3 is 1. The Morgan fingerprint density at radius 2 is 2.00 bits per heavy atom. The van der Waals surface area contributed by atoms with Gasteiger partial charge < -0.3 is 14.7 Å². The first-order valence-corrected chi connectivity index (χ1v) is 9.77. The minimum atomic E-state index is -0.885. The Balaban J connectivity index is 1.88. The zero-order valence-corrected chi connectivity index (χ0v) is 16.9. The molecule has 28 heavy (non-hydrogen) atoms. The number of nitrogens with zero attached hydrogens (tertiary/aromatic N) is 1. The third-order valence-corrected chi connectivity index (χ3v) is 5.51. The fourth-order valence-electron chi connectivity index (χ4n) is 4.20. The van der Waals surface area contributed by atoms with E-state index < -0.39 is 5.97 Å². The Bertz CT molecular complexity index is 856. The SMILES string of the molecule is COc1cccc([C@H]2C/C(=C/c3cccc(C(=O)O)c3)CC[C@@H]2CN(C)C)c1. The van der Waals surface area contributed by atoms with Crippen LogP contribution in [0.5, 0.6) is 5.75 Å². The number of hydrogen-bond acceptors (Lipinski definition) is 3. The number of carboxylic acids is 1. The lowest BCUT2D eigenvalue weighted by Crippen LogP contribution is -2.29. The number of aromatic carboxylic acids is 1. The summed E-state index contributed by atoms with van der Waals surface area (Å²) in [6.07, 6.45) is 5.34. The zero-order chi connectivity index (χ0) is 20.1. The molecular weight excluding hydrogens is 350 g/mol. The lowest BCUT2D eigenvalue weighted by molar-refractivity contribution is 0.0697. The maximum atomic E-state index is 11.3. The van der Waals surface area contributed by atoms with E-state index in [-0.39, 0.29) is 0 Å². The van der Waals surface area contributed by atoms with Crippen LogP contribution < -0.4 is 4.74 Å². The number of benzene rings is 2. The van der Waals surface area contributed by atoms with Crippen molar-refractivity contribution in [2.24, 2.45) is 5.92 Å². The molecule has 0 heterocycles. The van der Waals surface area contributed by atoms with E-state index in [9.17, 15) is 9.90 Å². The third-order valence-electron chi connectivity index (χ3n) is 5.51. The molecule has 4 heteroatoms. The van der Waals surface area contributed by atoms with Crippen LogP contribution in [0.1, 0.15) is 46.7 Å². The lowest BCUT2D eigenvalue weighted by atomic mass is 9.73. The molecule has 0 spiro atoms. The number of carbonyl (C=O) groups is 1. The van der Waals surface area contributed by atoms with Gasteiger partial charge in [0.2, 0.25) is 0 Å². The minimum Gasteiger partial charge on any atom is -0.497 e. The molecule has 2 atom stereocenters. The number of rotatable bonds is 6. The van der Waals surface area contributed by atoms with Crippen molar-refractivity contribution in [2.45, 2.75) is 25.2 Å². The van der Waals surface area contributed by atoms with E-state index in [0.717, 1.165) is 37.1 Å². The second-order valence-corrected chi connectivity index (χ2v) is 7.88. The topological polar surface area (TPSA) is 49.8 Å². The van der Waals surface area contributed by atoms with Gasteiger partial charge in [0, 0.05) is 6.54 Å². The maximum Gasteiger partial charge on any atom is 0.335 e. The van der Waals surface area contributed by atoms with Crippen LogP contribution in [-0.4, -0.2) is 43.7 Å². The van der Waals surface area contributed by atoms with E-state index in [2.05, 4.69) is 43.3 Å². The maximum absolute atomic E-state index is 11.3. The van der Waals surface area contributed by atoms with E-state index in [1.807, 2.05) is 18.2 Å². The average molecular weight is 380 g/mol. The summed E-state index contributed by atoms with van der Waals surface area (Å²) in [7, 11) is 5.97. The second-order valence-electron chi connectivity index (χ2n) is 7.88. The highest BCUT2D eigenvalue weighted by atomic mass is 16.5. The van der Waals surface area contributed by atoms with Crippen molar-refractivity contribution in [2.75, 3.05) is 27.7 Å². The smallest absolute Gasteiger partial charge is 0.335 e. The molecule has 3 rings (SSSR count). The lowest BCUT2D eigenvalue weighted by Gasteiger charge is -2.35. The molecule has 0 unspecified atom stereocenters. The molecule has 2 aromatic carbocycles. The molecule has 2 aromatic rings. The third kappa shape index (κ3) is 5.02. The monoisotopic (exact) mass is 379 g/mol. The van der Waals surface area contributed by atoms with Crippen LogP contribution in [0.25, 0.3) is 6.08 Å². The molecule has 1 aliphatic rings. The average Bonchev–Trinajstić information content (AvgIpc) is 2.69. The summed E-state index contributed by atoms with van der Waals surface area (Å²) in [5.74, 6) is 1.03. The highest BCUT2D eigenvalue weighted by molar-refractivity contribution is 5.88. The number of allylic oxidation sites excluding steroid dienone is 1. The number of hydrogen-bond donors (Lipinski definition) is 1. The van der Waals surface area contributed by atoms with Crippen LogP contribution in [0, 0.1) is 5.92 Å². The first-order valence-electron chi connectivity index (χ1n) is 9.77. The van der Waals surface area contributed by atoms with E-state index in [0.29, 0.717) is 17.4 Å². The summed E-state index contributed by atoms with van der Waals surface area (Å²) in [4.78, 5) is 13.5. The predicted molar refractivity (Wildman–Crippen MR) is 113 cm³/mol. The largest absolute Gasteiger partial charge is 0.497 e. The Labute approximate surface area is 167 Å². The van der Waals surface area contributed by atoms with Crippen LogP contribution >= 0.6 is 0 Å². The summed E-state index contributed by atoms with van der Waals surface area (Å²) in [6.45, 7) is 1.06. The van der Waals surface area contributed by atoms with Gasteiger partial charge >= 0.3 is 5.97 Å². The van der Waals surface area contributed by atoms with E-state index in [1.54, 1.807) is 19.2 Å². The van der Waals surface area contributed by atoms with Gasteiger partial charge in [-0.15, -0.1) is 0 Å². The van der Waals surface area contributed by atoms with Gasteiger partial charge in [-0.3, -0.25) is 0 Å². The van der Waals surface area contributed by atoms with Crippen LogP contribution in [0.4, 0.5) is 0 Å². The van der Waals surface area contributed by atoms with Crippen molar-refractivity contribution in [3.63, 3.8) is 0 Å². The summed E-state index contributed by atoms with van der Waals surface area (Å²) >= 11 is 0. The Morgan fingerprint density at radius 1 is 1.21 bits per heavy atom. The van der Waals surface area contributed by atoms with Crippen LogP contribution in [0.15, 0.2) is 54.1 Å². The minimum absolute atomic E-state index is 0.333. The molecule has 4 nitrogen and oxygen atoms in total. The van der Waals surface area contributed by atoms with E-state index in [1.165, 1.54) is 11.1 Å². The van der Waals surface area contributed by atoms with Crippen molar-refractivity contribution in [3.05, 3.63) is 70.8 Å². The highest BCUT2D eigenvalue weighted by Crippen LogP contribution is 2.42. The summed E-state index contributed by atoms with van der Waals surface area (Å²) in [5, 5.41) is 9.24. The Morgan fingerprint density at radius 3 is 2.71 bits per heavy atom. The van der Waals surface area contributed by atoms with E-state index in [4.69, 9.17) is 4.74 Å². The highest BCUT2D eigenvalue weighted by Gasteiger charge is 2.29. The molecule has 0 aromatic heterocycles. The molecule has 0 radical (unpaired) electrons. The van der Waals surface area contributed by atoms with Crippen molar-refractivity contribution in [1.29, 1.82) is 0 Å². The summed E-state index contributed by atoms with van der Waals surface area (Å²) < 4.78 is 5.44. The molecule has 0 aliphatic heterocycles. The normalized spacial score (nSPS) is 21.1. The first kappa shape index (κ1) is 20.2. The molecule has 0 bridgehead atoms.